The normalized spacial score (nSPS) is 16.2. The molecule has 0 bridgehead atoms. The number of aliphatic hydroxyl groups is 1. The topological polar surface area (TPSA) is 76.1 Å². The Kier molecular flexibility index (Phi) is 5.74. The van der Waals surface area contributed by atoms with Crippen LogP contribution in [0.4, 0.5) is 18.9 Å². The van der Waals surface area contributed by atoms with Crippen molar-refractivity contribution in [3.8, 4) is 17.2 Å². The second kappa shape index (κ2) is 8.36. The van der Waals surface area contributed by atoms with Crippen LogP contribution in [0.25, 0.3) is 0 Å². The van der Waals surface area contributed by atoms with Gasteiger partial charge in [-0.05, 0) is 42.5 Å². The molecule has 0 aliphatic carbocycles. The first-order chi connectivity index (χ1) is 15.2. The number of anilines is 1. The molecule has 0 saturated carbocycles. The van der Waals surface area contributed by atoms with E-state index in [9.17, 15) is 26.7 Å². The van der Waals surface area contributed by atoms with E-state index in [0.29, 0.717) is 17.6 Å². The van der Waals surface area contributed by atoms with Gasteiger partial charge in [0.15, 0.2) is 0 Å². The third-order valence-corrected chi connectivity index (χ3v) is 6.57. The molecule has 6 nitrogen and oxygen atoms in total. The lowest BCUT2D eigenvalue weighted by Gasteiger charge is -2.35. The van der Waals surface area contributed by atoms with Crippen molar-refractivity contribution in [1.82, 2.24) is 0 Å². The molecule has 4 rings (SSSR count). The Balaban J connectivity index is 1.76. The fourth-order valence-corrected chi connectivity index (χ4v) is 4.81. The SMILES string of the molecule is O=S(=O)(c1cccc(C(F)(F)F)c1)N1CC(CO)Oc2ccc(Oc3ccccc3)cc21. The van der Waals surface area contributed by atoms with Crippen LogP contribution in [0.1, 0.15) is 5.56 Å². The van der Waals surface area contributed by atoms with E-state index in [1.807, 2.05) is 6.07 Å². The summed E-state index contributed by atoms with van der Waals surface area (Å²) in [6.45, 7) is -0.757. The number of fused-ring (bicyclic) bond motifs is 1. The second-order valence-electron chi connectivity index (χ2n) is 7.03. The number of hydrogen-bond donors (Lipinski definition) is 1. The predicted octanol–water partition coefficient (Wildman–Crippen LogP) is 4.45. The molecule has 0 spiro atoms. The van der Waals surface area contributed by atoms with E-state index in [1.165, 1.54) is 12.1 Å². The van der Waals surface area contributed by atoms with Gasteiger partial charge in [0.05, 0.1) is 29.3 Å². The third-order valence-electron chi connectivity index (χ3n) is 4.79. The van der Waals surface area contributed by atoms with Gasteiger partial charge in [-0.15, -0.1) is 0 Å². The van der Waals surface area contributed by atoms with Crippen LogP contribution in [0.15, 0.2) is 77.7 Å². The van der Waals surface area contributed by atoms with Gasteiger partial charge in [0, 0.05) is 6.07 Å². The molecule has 1 unspecified atom stereocenters. The highest BCUT2D eigenvalue weighted by Crippen LogP contribution is 2.41. The van der Waals surface area contributed by atoms with E-state index >= 15 is 0 Å². The summed E-state index contributed by atoms with van der Waals surface area (Å²) in [5.41, 5.74) is -0.979. The molecule has 0 saturated heterocycles. The Bertz CT molecular complexity index is 1220. The number of ether oxygens (including phenoxy) is 2. The Hall–Kier alpha value is -3.24. The van der Waals surface area contributed by atoms with E-state index in [4.69, 9.17) is 9.47 Å². The fraction of sp³-hybridized carbons (Fsp3) is 0.182. The van der Waals surface area contributed by atoms with Gasteiger partial charge in [0.2, 0.25) is 0 Å². The highest BCUT2D eigenvalue weighted by atomic mass is 32.2. The third kappa shape index (κ3) is 4.37. The van der Waals surface area contributed by atoms with Crippen LogP contribution >= 0.6 is 0 Å². The van der Waals surface area contributed by atoms with Crippen molar-refractivity contribution in [3.05, 3.63) is 78.4 Å². The summed E-state index contributed by atoms with van der Waals surface area (Å²) in [6, 6.07) is 16.8. The van der Waals surface area contributed by atoms with Crippen LogP contribution in [-0.2, 0) is 16.2 Å². The van der Waals surface area contributed by atoms with Crippen LogP contribution in [0.5, 0.6) is 17.2 Å². The maximum Gasteiger partial charge on any atom is 0.416 e. The second-order valence-corrected chi connectivity index (χ2v) is 8.89. The first-order valence-corrected chi connectivity index (χ1v) is 11.0. The van der Waals surface area contributed by atoms with Crippen LogP contribution in [0.2, 0.25) is 0 Å². The molecule has 1 aliphatic rings. The van der Waals surface area contributed by atoms with Crippen LogP contribution in [-0.4, -0.2) is 32.8 Å². The van der Waals surface area contributed by atoms with Gasteiger partial charge in [-0.25, -0.2) is 8.42 Å². The van der Waals surface area contributed by atoms with E-state index in [2.05, 4.69) is 0 Å². The number of rotatable bonds is 5. The molecule has 168 valence electrons. The summed E-state index contributed by atoms with van der Waals surface area (Å²) >= 11 is 0. The number of alkyl halides is 3. The monoisotopic (exact) mass is 465 g/mol. The summed E-state index contributed by atoms with van der Waals surface area (Å²) in [5, 5.41) is 9.55. The van der Waals surface area contributed by atoms with Crippen molar-refractivity contribution in [2.75, 3.05) is 17.5 Å². The van der Waals surface area contributed by atoms with Crippen molar-refractivity contribution < 1.29 is 36.2 Å². The first-order valence-electron chi connectivity index (χ1n) is 9.53. The summed E-state index contributed by atoms with van der Waals surface area (Å²) < 4.78 is 78.4. The minimum Gasteiger partial charge on any atom is -0.484 e. The maximum absolute atomic E-state index is 13.3. The molecule has 32 heavy (non-hydrogen) atoms. The Labute approximate surface area is 182 Å². The number of nitrogens with zero attached hydrogens (tertiary/aromatic N) is 1. The largest absolute Gasteiger partial charge is 0.484 e. The van der Waals surface area contributed by atoms with Crippen molar-refractivity contribution in [1.29, 1.82) is 0 Å². The lowest BCUT2D eigenvalue weighted by Crippen LogP contribution is -2.45. The zero-order valence-corrected chi connectivity index (χ0v) is 17.3. The minimum absolute atomic E-state index is 0.0977. The smallest absolute Gasteiger partial charge is 0.416 e. The number of sulfonamides is 1. The molecule has 0 amide bonds. The molecule has 0 fully saturated rings. The van der Waals surface area contributed by atoms with E-state index in [-0.39, 0.29) is 18.0 Å². The standard InChI is InChI=1S/C22H18F3NO5S/c23-22(24,25)15-5-4-8-19(11-15)32(28,29)26-13-18(14-27)31-21-10-9-17(12-20(21)26)30-16-6-2-1-3-7-16/h1-12,18,27H,13-14H2. The molecule has 3 aromatic carbocycles. The van der Waals surface area contributed by atoms with Crippen molar-refractivity contribution in [3.63, 3.8) is 0 Å². The molecule has 1 aliphatic heterocycles. The van der Waals surface area contributed by atoms with Gasteiger partial charge in [-0.3, -0.25) is 4.31 Å². The molecule has 10 heteroatoms. The Morgan fingerprint density at radius 1 is 1.00 bits per heavy atom. The number of benzene rings is 3. The number of aliphatic hydroxyl groups excluding tert-OH is 1. The van der Waals surface area contributed by atoms with E-state index < -0.39 is 39.4 Å². The molecule has 3 aromatic rings. The van der Waals surface area contributed by atoms with Crippen molar-refractivity contribution >= 4 is 15.7 Å². The average molecular weight is 465 g/mol. The quantitative estimate of drug-likeness (QED) is 0.603. The summed E-state index contributed by atoms with van der Waals surface area (Å²) in [6.07, 6.45) is -5.58. The van der Waals surface area contributed by atoms with E-state index in [1.54, 1.807) is 30.3 Å². The Morgan fingerprint density at radius 2 is 1.75 bits per heavy atom. The molecular formula is C22H18F3NO5S. The maximum atomic E-state index is 13.3. The fourth-order valence-electron chi connectivity index (χ4n) is 3.26. The first kappa shape index (κ1) is 22.0. The molecule has 0 radical (unpaired) electrons. The minimum atomic E-state index is -4.70. The molecule has 1 heterocycles. The number of halogens is 3. The van der Waals surface area contributed by atoms with Gasteiger partial charge in [-0.2, -0.15) is 13.2 Å². The molecular weight excluding hydrogens is 447 g/mol. The molecule has 0 aromatic heterocycles. The van der Waals surface area contributed by atoms with Gasteiger partial charge >= 0.3 is 6.18 Å². The zero-order chi connectivity index (χ0) is 22.9. The Morgan fingerprint density at radius 3 is 2.44 bits per heavy atom. The summed E-state index contributed by atoms with van der Waals surface area (Å²) in [4.78, 5) is -0.522. The zero-order valence-electron chi connectivity index (χ0n) is 16.5. The van der Waals surface area contributed by atoms with Gasteiger partial charge in [-0.1, -0.05) is 24.3 Å². The van der Waals surface area contributed by atoms with Gasteiger partial charge in [0.25, 0.3) is 10.0 Å². The summed E-state index contributed by atoms with van der Waals surface area (Å²) in [5.74, 6) is 0.987. The average Bonchev–Trinajstić information content (AvgIpc) is 2.78. The van der Waals surface area contributed by atoms with Gasteiger partial charge in [0.1, 0.15) is 23.4 Å². The predicted molar refractivity (Wildman–Crippen MR) is 110 cm³/mol. The molecule has 1 N–H and O–H groups in total. The highest BCUT2D eigenvalue weighted by Gasteiger charge is 2.37. The molecule has 1 atom stereocenters. The van der Waals surface area contributed by atoms with Gasteiger partial charge < -0.3 is 14.6 Å². The van der Waals surface area contributed by atoms with E-state index in [0.717, 1.165) is 22.5 Å². The summed E-state index contributed by atoms with van der Waals surface area (Å²) in [7, 11) is -4.40. The van der Waals surface area contributed by atoms with Crippen LogP contribution in [0, 0.1) is 0 Å². The van der Waals surface area contributed by atoms with Crippen LogP contribution < -0.4 is 13.8 Å². The number of para-hydroxylation sites is 1. The van der Waals surface area contributed by atoms with Crippen molar-refractivity contribution in [2.45, 2.75) is 17.2 Å². The highest BCUT2D eigenvalue weighted by molar-refractivity contribution is 7.92. The van der Waals surface area contributed by atoms with Crippen LogP contribution in [0.3, 0.4) is 0 Å². The number of hydrogen-bond acceptors (Lipinski definition) is 5. The lowest BCUT2D eigenvalue weighted by molar-refractivity contribution is -0.137. The lowest BCUT2D eigenvalue weighted by atomic mass is 10.2. The van der Waals surface area contributed by atoms with Crippen molar-refractivity contribution in [2.24, 2.45) is 0 Å².